The van der Waals surface area contributed by atoms with Crippen LogP contribution in [0.5, 0.6) is 0 Å². The number of aromatic nitrogens is 3. The second-order valence-electron chi connectivity index (χ2n) is 9.25. The van der Waals surface area contributed by atoms with Crippen molar-refractivity contribution in [1.82, 2.24) is 30.3 Å². The van der Waals surface area contributed by atoms with Crippen molar-refractivity contribution < 1.29 is 4.79 Å². The fraction of sp³-hybridized carbons (Fsp3) is 0.826. The Morgan fingerprint density at radius 1 is 1.06 bits per heavy atom. The molecule has 1 saturated heterocycles. The molecule has 1 aromatic rings. The third kappa shape index (κ3) is 6.57. The van der Waals surface area contributed by atoms with Crippen molar-refractivity contribution in [3.8, 4) is 0 Å². The number of likely N-dealkylation sites (tertiary alicyclic amines) is 1. The van der Waals surface area contributed by atoms with Gasteiger partial charge in [-0.3, -0.25) is 9.79 Å². The number of rotatable bonds is 6. The van der Waals surface area contributed by atoms with Crippen molar-refractivity contribution in [2.45, 2.75) is 90.1 Å². The van der Waals surface area contributed by atoms with Crippen LogP contribution in [0, 0.1) is 5.92 Å². The van der Waals surface area contributed by atoms with Gasteiger partial charge >= 0.3 is 0 Å². The van der Waals surface area contributed by atoms with Gasteiger partial charge in [-0.2, -0.15) is 0 Å². The third-order valence-corrected chi connectivity index (χ3v) is 6.93. The minimum Gasteiger partial charge on any atom is -0.357 e. The molecular weight excluding hydrogens is 517 g/mol. The molecule has 2 fully saturated rings. The van der Waals surface area contributed by atoms with E-state index in [2.05, 4.69) is 37.2 Å². The topological polar surface area (TPSA) is 87.4 Å². The van der Waals surface area contributed by atoms with Crippen molar-refractivity contribution in [1.29, 1.82) is 0 Å². The van der Waals surface area contributed by atoms with E-state index >= 15 is 0 Å². The number of carbonyl (C=O) groups excluding carboxylic acids is 1. The van der Waals surface area contributed by atoms with Gasteiger partial charge in [-0.05, 0) is 39.0 Å². The Morgan fingerprint density at radius 2 is 1.88 bits per heavy atom. The minimum atomic E-state index is 0. The monoisotopic (exact) mass is 557 g/mol. The fourth-order valence-corrected chi connectivity index (χ4v) is 5.20. The van der Waals surface area contributed by atoms with Gasteiger partial charge in [0.25, 0.3) is 0 Å². The van der Waals surface area contributed by atoms with Crippen LogP contribution in [-0.2, 0) is 24.2 Å². The zero-order valence-electron chi connectivity index (χ0n) is 19.5. The van der Waals surface area contributed by atoms with Gasteiger partial charge in [0, 0.05) is 57.5 Å². The summed E-state index contributed by atoms with van der Waals surface area (Å²) in [6.45, 7) is 6.28. The standard InChI is InChI=1S/C23H39N7O.HI/c1-2-24-23(25-14-12-21-28-27-20-11-7-4-8-15-30(20)21)26-19-13-16-29(17-19)22(31)18-9-5-3-6-10-18;/h18-19H,2-17H2,1H3,(H2,24,25,26);1H. The molecule has 4 rings (SSSR count). The first-order valence-corrected chi connectivity index (χ1v) is 12.5. The van der Waals surface area contributed by atoms with Gasteiger partial charge in [-0.25, -0.2) is 0 Å². The SMILES string of the molecule is CCNC(=NCCc1nnc2n1CCCCC2)NC1CCN(C(=O)C2CCCCC2)C1.I. The van der Waals surface area contributed by atoms with E-state index in [1.807, 2.05) is 0 Å². The van der Waals surface area contributed by atoms with Crippen molar-refractivity contribution in [2.75, 3.05) is 26.2 Å². The number of carbonyl (C=O) groups is 1. The zero-order chi connectivity index (χ0) is 21.5. The molecule has 1 saturated carbocycles. The van der Waals surface area contributed by atoms with E-state index in [4.69, 9.17) is 4.99 Å². The molecule has 8 nitrogen and oxygen atoms in total. The number of nitrogens with one attached hydrogen (secondary N) is 2. The highest BCUT2D eigenvalue weighted by molar-refractivity contribution is 14.0. The smallest absolute Gasteiger partial charge is 0.225 e. The predicted octanol–water partition coefficient (Wildman–Crippen LogP) is 2.90. The Labute approximate surface area is 209 Å². The lowest BCUT2D eigenvalue weighted by molar-refractivity contribution is -0.135. The van der Waals surface area contributed by atoms with E-state index in [9.17, 15) is 4.79 Å². The summed E-state index contributed by atoms with van der Waals surface area (Å²) in [6.07, 6.45) is 12.4. The molecular formula is C23H40IN7O. The van der Waals surface area contributed by atoms with Crippen LogP contribution in [0.3, 0.4) is 0 Å². The Kier molecular flexibility index (Phi) is 10.1. The summed E-state index contributed by atoms with van der Waals surface area (Å²) in [5.41, 5.74) is 0. The fourth-order valence-electron chi connectivity index (χ4n) is 5.20. The molecule has 0 spiro atoms. The Hall–Kier alpha value is -1.39. The largest absolute Gasteiger partial charge is 0.357 e. The molecule has 1 unspecified atom stereocenters. The summed E-state index contributed by atoms with van der Waals surface area (Å²) in [7, 11) is 0. The van der Waals surface area contributed by atoms with Gasteiger partial charge in [0.05, 0.1) is 0 Å². The van der Waals surface area contributed by atoms with Gasteiger partial charge in [0.2, 0.25) is 5.91 Å². The molecule has 0 bridgehead atoms. The Morgan fingerprint density at radius 3 is 2.69 bits per heavy atom. The molecule has 2 N–H and O–H groups in total. The lowest BCUT2D eigenvalue weighted by Gasteiger charge is -2.26. The maximum absolute atomic E-state index is 12.8. The molecule has 3 heterocycles. The Balaban J connectivity index is 0.00000289. The highest BCUT2D eigenvalue weighted by Gasteiger charge is 2.31. The van der Waals surface area contributed by atoms with Crippen LogP contribution in [0.4, 0.5) is 0 Å². The molecule has 32 heavy (non-hydrogen) atoms. The van der Waals surface area contributed by atoms with E-state index in [0.717, 1.165) is 75.9 Å². The van der Waals surface area contributed by atoms with E-state index in [1.54, 1.807) is 0 Å². The molecule has 9 heteroatoms. The number of nitrogens with zero attached hydrogens (tertiary/aromatic N) is 5. The molecule has 3 aliphatic rings. The first-order chi connectivity index (χ1) is 15.2. The predicted molar refractivity (Wildman–Crippen MR) is 137 cm³/mol. The first kappa shape index (κ1) is 25.2. The number of halogens is 1. The van der Waals surface area contributed by atoms with Crippen LogP contribution >= 0.6 is 24.0 Å². The lowest BCUT2D eigenvalue weighted by Crippen LogP contribution is -2.45. The third-order valence-electron chi connectivity index (χ3n) is 6.93. The molecule has 1 aromatic heterocycles. The minimum absolute atomic E-state index is 0. The van der Waals surface area contributed by atoms with Crippen LogP contribution in [-0.4, -0.2) is 63.8 Å². The summed E-state index contributed by atoms with van der Waals surface area (Å²) >= 11 is 0. The van der Waals surface area contributed by atoms with Gasteiger partial charge in [-0.15, -0.1) is 34.2 Å². The van der Waals surface area contributed by atoms with Gasteiger partial charge < -0.3 is 20.1 Å². The number of amides is 1. The van der Waals surface area contributed by atoms with Gasteiger partial charge in [-0.1, -0.05) is 25.7 Å². The summed E-state index contributed by atoms with van der Waals surface area (Å²) < 4.78 is 2.30. The molecule has 0 aromatic carbocycles. The van der Waals surface area contributed by atoms with Gasteiger partial charge in [0.1, 0.15) is 11.6 Å². The van der Waals surface area contributed by atoms with Crippen molar-refractivity contribution in [3.05, 3.63) is 11.6 Å². The Bertz CT molecular complexity index is 760. The molecule has 0 radical (unpaired) electrons. The average molecular weight is 558 g/mol. The summed E-state index contributed by atoms with van der Waals surface area (Å²) in [6, 6.07) is 0.273. The van der Waals surface area contributed by atoms with Gasteiger partial charge in [0.15, 0.2) is 5.96 Å². The quantitative estimate of drug-likeness (QED) is 0.319. The molecule has 1 amide bonds. The summed E-state index contributed by atoms with van der Waals surface area (Å²) in [5.74, 6) is 3.66. The number of guanidine groups is 1. The maximum Gasteiger partial charge on any atom is 0.225 e. The second-order valence-corrected chi connectivity index (χ2v) is 9.25. The number of hydrogen-bond donors (Lipinski definition) is 2. The summed E-state index contributed by atoms with van der Waals surface area (Å²) in [5, 5.41) is 15.7. The van der Waals surface area contributed by atoms with E-state index in [0.29, 0.717) is 12.5 Å². The number of fused-ring (bicyclic) bond motifs is 1. The van der Waals surface area contributed by atoms with E-state index in [-0.39, 0.29) is 35.9 Å². The zero-order valence-corrected chi connectivity index (χ0v) is 21.9. The number of aliphatic imine (C=N–C) groups is 1. The normalized spacial score (nSPS) is 22.1. The van der Waals surface area contributed by atoms with Crippen molar-refractivity contribution >= 4 is 35.8 Å². The molecule has 1 atom stereocenters. The van der Waals surface area contributed by atoms with Crippen molar-refractivity contribution in [3.63, 3.8) is 0 Å². The second kappa shape index (κ2) is 12.7. The summed E-state index contributed by atoms with van der Waals surface area (Å²) in [4.78, 5) is 19.7. The highest BCUT2D eigenvalue weighted by Crippen LogP contribution is 2.26. The lowest BCUT2D eigenvalue weighted by atomic mass is 9.88. The van der Waals surface area contributed by atoms with Crippen LogP contribution in [0.15, 0.2) is 4.99 Å². The first-order valence-electron chi connectivity index (χ1n) is 12.5. The van der Waals surface area contributed by atoms with Crippen LogP contribution in [0.2, 0.25) is 0 Å². The van der Waals surface area contributed by atoms with E-state index < -0.39 is 0 Å². The number of hydrogen-bond acceptors (Lipinski definition) is 4. The van der Waals surface area contributed by atoms with E-state index in [1.165, 1.54) is 38.5 Å². The van der Waals surface area contributed by atoms with Crippen LogP contribution < -0.4 is 10.6 Å². The van der Waals surface area contributed by atoms with Crippen molar-refractivity contribution in [2.24, 2.45) is 10.9 Å². The molecule has 180 valence electrons. The van der Waals surface area contributed by atoms with Crippen LogP contribution in [0.1, 0.15) is 76.4 Å². The molecule has 2 aliphatic heterocycles. The number of aryl methyl sites for hydroxylation is 1. The average Bonchev–Trinajstić information content (AvgIpc) is 3.34. The van der Waals surface area contributed by atoms with Crippen LogP contribution in [0.25, 0.3) is 0 Å². The highest BCUT2D eigenvalue weighted by atomic mass is 127. The maximum atomic E-state index is 12.8. The molecule has 1 aliphatic carbocycles.